The van der Waals surface area contributed by atoms with E-state index < -0.39 is 20.8 Å². The van der Waals surface area contributed by atoms with Crippen LogP contribution in [0, 0.1) is 0 Å². The fourth-order valence-corrected chi connectivity index (χ4v) is 3.23. The van der Waals surface area contributed by atoms with Crippen molar-refractivity contribution in [3.05, 3.63) is 108 Å². The lowest BCUT2D eigenvalue weighted by atomic mass is 9.98. The molecule has 0 amide bonds. The highest BCUT2D eigenvalue weighted by atomic mass is 31.2. The molecule has 0 aliphatic rings. The molecular weight excluding hydrogens is 347 g/mol. The molecule has 0 saturated heterocycles. The summed E-state index contributed by atoms with van der Waals surface area (Å²) in [5, 5.41) is 0. The molecule has 2 atom stereocenters. The van der Waals surface area contributed by atoms with Gasteiger partial charge in [0.05, 0.1) is 6.61 Å². The van der Waals surface area contributed by atoms with E-state index in [4.69, 9.17) is 9.26 Å². The number of rotatable bonds is 8. The van der Waals surface area contributed by atoms with Crippen LogP contribution in [0.1, 0.15) is 28.9 Å². The van der Waals surface area contributed by atoms with Crippen molar-refractivity contribution in [2.24, 2.45) is 0 Å². The van der Waals surface area contributed by atoms with Crippen LogP contribution in [-0.4, -0.2) is 9.79 Å². The normalized spacial score (nSPS) is 13.5. The van der Waals surface area contributed by atoms with Crippen molar-refractivity contribution in [3.63, 3.8) is 0 Å². The first-order valence-corrected chi connectivity index (χ1v) is 9.50. The van der Waals surface area contributed by atoms with Crippen molar-refractivity contribution >= 4 is 8.60 Å². The van der Waals surface area contributed by atoms with E-state index in [0.717, 1.165) is 16.7 Å². The van der Waals surface area contributed by atoms with E-state index in [9.17, 15) is 9.79 Å². The summed E-state index contributed by atoms with van der Waals surface area (Å²) in [6.07, 6.45) is -1.12. The summed E-state index contributed by atoms with van der Waals surface area (Å²) in [5.41, 5.74) is 2.77. The molecule has 0 fully saturated rings. The molecule has 3 aromatic carbocycles. The molecule has 0 heterocycles. The average Bonchev–Trinajstić information content (AvgIpc) is 2.69. The maximum absolute atomic E-state index is 9.51. The molecule has 2 N–H and O–H groups in total. The van der Waals surface area contributed by atoms with Crippen LogP contribution in [0.3, 0.4) is 0 Å². The van der Waals surface area contributed by atoms with Crippen LogP contribution in [0.25, 0.3) is 0 Å². The molecule has 0 bridgehead atoms. The van der Waals surface area contributed by atoms with E-state index in [-0.39, 0.29) is 0 Å². The zero-order valence-electron chi connectivity index (χ0n) is 14.2. The van der Waals surface area contributed by atoms with Gasteiger partial charge in [0, 0.05) is 0 Å². The third-order valence-corrected chi connectivity index (χ3v) is 4.43. The first-order chi connectivity index (χ1) is 12.7. The SMILES string of the molecule is OP(O)OC(c1ccccc1)C(OCc1ccccc1)c1ccccc1. The van der Waals surface area contributed by atoms with E-state index in [0.29, 0.717) is 6.61 Å². The molecule has 0 saturated carbocycles. The molecule has 0 aliphatic carbocycles. The lowest BCUT2D eigenvalue weighted by Crippen LogP contribution is -2.16. The predicted molar refractivity (Wildman–Crippen MR) is 102 cm³/mol. The van der Waals surface area contributed by atoms with E-state index >= 15 is 0 Å². The predicted octanol–water partition coefficient (Wildman–Crippen LogP) is 4.91. The molecule has 0 spiro atoms. The number of ether oxygens (including phenoxy) is 1. The lowest BCUT2D eigenvalue weighted by molar-refractivity contribution is -0.0421. The highest BCUT2D eigenvalue weighted by Gasteiger charge is 2.29. The molecule has 0 radical (unpaired) electrons. The molecular formula is C21H21O4P. The van der Waals surface area contributed by atoms with E-state index in [1.807, 2.05) is 91.0 Å². The molecule has 2 unspecified atom stereocenters. The van der Waals surface area contributed by atoms with Gasteiger partial charge in [-0.05, 0) is 16.7 Å². The Hall–Kier alpha value is -2.07. The molecule has 3 aromatic rings. The first-order valence-electron chi connectivity index (χ1n) is 8.34. The monoisotopic (exact) mass is 368 g/mol. The topological polar surface area (TPSA) is 58.9 Å². The Morgan fingerprint density at radius 2 is 1.12 bits per heavy atom. The highest BCUT2D eigenvalue weighted by molar-refractivity contribution is 7.39. The van der Waals surface area contributed by atoms with Gasteiger partial charge in [-0.25, -0.2) is 0 Å². The summed E-state index contributed by atoms with van der Waals surface area (Å²) >= 11 is 0. The Bertz CT molecular complexity index is 766. The fourth-order valence-electron chi connectivity index (χ4n) is 2.80. The van der Waals surface area contributed by atoms with Gasteiger partial charge in [-0.1, -0.05) is 91.0 Å². The summed E-state index contributed by atoms with van der Waals surface area (Å²) in [5.74, 6) is 0. The minimum Gasteiger partial charge on any atom is -0.366 e. The second-order valence-electron chi connectivity index (χ2n) is 5.82. The van der Waals surface area contributed by atoms with Gasteiger partial charge < -0.3 is 19.0 Å². The molecule has 0 aromatic heterocycles. The summed E-state index contributed by atoms with van der Waals surface area (Å²) in [7, 11) is -2.53. The van der Waals surface area contributed by atoms with Crippen molar-refractivity contribution in [2.75, 3.05) is 0 Å². The van der Waals surface area contributed by atoms with Gasteiger partial charge in [-0.3, -0.25) is 0 Å². The maximum Gasteiger partial charge on any atom is 0.327 e. The molecule has 26 heavy (non-hydrogen) atoms. The van der Waals surface area contributed by atoms with Gasteiger partial charge in [0.1, 0.15) is 12.2 Å². The first kappa shape index (κ1) is 18.7. The van der Waals surface area contributed by atoms with Crippen molar-refractivity contribution in [1.82, 2.24) is 0 Å². The summed E-state index contributed by atoms with van der Waals surface area (Å²) in [6, 6.07) is 29.0. The Labute approximate surface area is 154 Å². The van der Waals surface area contributed by atoms with Crippen molar-refractivity contribution in [3.8, 4) is 0 Å². The maximum atomic E-state index is 9.51. The van der Waals surface area contributed by atoms with Crippen molar-refractivity contribution < 1.29 is 19.0 Å². The van der Waals surface area contributed by atoms with Gasteiger partial charge >= 0.3 is 8.60 Å². The van der Waals surface area contributed by atoms with Gasteiger partial charge in [0.15, 0.2) is 0 Å². The zero-order valence-corrected chi connectivity index (χ0v) is 15.1. The Morgan fingerprint density at radius 3 is 1.62 bits per heavy atom. The fraction of sp³-hybridized carbons (Fsp3) is 0.143. The minimum atomic E-state index is -2.53. The second-order valence-corrected chi connectivity index (χ2v) is 6.53. The van der Waals surface area contributed by atoms with Gasteiger partial charge in [0.25, 0.3) is 0 Å². The molecule has 5 heteroatoms. The zero-order chi connectivity index (χ0) is 18.2. The Morgan fingerprint density at radius 1 is 0.654 bits per heavy atom. The number of hydrogen-bond donors (Lipinski definition) is 2. The molecule has 3 rings (SSSR count). The van der Waals surface area contributed by atoms with Crippen LogP contribution in [0.15, 0.2) is 91.0 Å². The van der Waals surface area contributed by atoms with Crippen LogP contribution in [0.5, 0.6) is 0 Å². The average molecular weight is 368 g/mol. The van der Waals surface area contributed by atoms with Crippen LogP contribution < -0.4 is 0 Å². The largest absolute Gasteiger partial charge is 0.366 e. The lowest BCUT2D eigenvalue weighted by Gasteiger charge is -2.28. The van der Waals surface area contributed by atoms with Crippen molar-refractivity contribution in [2.45, 2.75) is 18.8 Å². The summed E-state index contributed by atoms with van der Waals surface area (Å²) in [4.78, 5) is 19.0. The quantitative estimate of drug-likeness (QED) is 0.555. The summed E-state index contributed by atoms with van der Waals surface area (Å²) < 4.78 is 11.7. The van der Waals surface area contributed by atoms with Gasteiger partial charge in [-0.2, -0.15) is 0 Å². The third kappa shape index (κ3) is 5.21. The van der Waals surface area contributed by atoms with E-state index in [1.54, 1.807) is 0 Å². The van der Waals surface area contributed by atoms with E-state index in [2.05, 4.69) is 0 Å². The molecule has 0 aliphatic heterocycles. The van der Waals surface area contributed by atoms with Crippen LogP contribution in [0.2, 0.25) is 0 Å². The Balaban J connectivity index is 1.91. The third-order valence-electron chi connectivity index (χ3n) is 4.01. The molecule has 4 nitrogen and oxygen atoms in total. The number of hydrogen-bond acceptors (Lipinski definition) is 4. The van der Waals surface area contributed by atoms with Crippen LogP contribution >= 0.6 is 8.60 Å². The second kappa shape index (κ2) is 9.58. The Kier molecular flexibility index (Phi) is 6.89. The minimum absolute atomic E-state index is 0.391. The highest BCUT2D eigenvalue weighted by Crippen LogP contribution is 2.43. The van der Waals surface area contributed by atoms with Gasteiger partial charge in [-0.15, -0.1) is 0 Å². The number of benzene rings is 3. The smallest absolute Gasteiger partial charge is 0.327 e. The van der Waals surface area contributed by atoms with Gasteiger partial charge in [0.2, 0.25) is 0 Å². The summed E-state index contributed by atoms with van der Waals surface area (Å²) in [6.45, 7) is 0.391. The van der Waals surface area contributed by atoms with E-state index in [1.165, 1.54) is 0 Å². The van der Waals surface area contributed by atoms with Crippen LogP contribution in [0.4, 0.5) is 0 Å². The van der Waals surface area contributed by atoms with Crippen molar-refractivity contribution in [1.29, 1.82) is 0 Å². The standard InChI is InChI=1S/C21H21O4P/c22-26(23)25-21(19-14-8-3-9-15-19)20(18-12-6-2-7-13-18)24-16-17-10-4-1-5-11-17/h1-15,20-23H,16H2. The molecule has 134 valence electrons. The van der Waals surface area contributed by atoms with Crippen LogP contribution in [-0.2, 0) is 15.9 Å².